The van der Waals surface area contributed by atoms with Crippen molar-refractivity contribution in [2.24, 2.45) is 5.73 Å². The van der Waals surface area contributed by atoms with Crippen LogP contribution in [0.2, 0.25) is 0 Å². The number of amides is 1. The van der Waals surface area contributed by atoms with E-state index in [1.165, 1.54) is 41.3 Å². The standard InChI is InChI=1S/C30H28F2N8O/c1-37(30(41)21-4-8-23(32)9-5-21)27-18-24(12-13-34-27)40-28(20-2-6-22(31)7-3-20)35-25-10-11-26(36-29(25)40)39-16-14-38(19-33)15-17-39/h2-13,18H,14-17,19,33H2,1H3. The van der Waals surface area contributed by atoms with Gasteiger partial charge in [-0.05, 0) is 66.7 Å². The highest BCUT2D eigenvalue weighted by molar-refractivity contribution is 6.05. The molecule has 1 fully saturated rings. The van der Waals surface area contributed by atoms with Gasteiger partial charge in [-0.2, -0.15) is 0 Å². The molecule has 4 heterocycles. The third-order valence-corrected chi connectivity index (χ3v) is 7.27. The van der Waals surface area contributed by atoms with Crippen LogP contribution in [0.4, 0.5) is 20.4 Å². The molecule has 5 aromatic rings. The molecule has 0 aliphatic carbocycles. The van der Waals surface area contributed by atoms with Crippen LogP contribution in [0.3, 0.4) is 0 Å². The summed E-state index contributed by atoms with van der Waals surface area (Å²) in [4.78, 5) is 33.2. The quantitative estimate of drug-likeness (QED) is 0.338. The average molecular weight is 555 g/mol. The van der Waals surface area contributed by atoms with Crippen LogP contribution in [-0.2, 0) is 0 Å². The second kappa shape index (κ2) is 11.0. The van der Waals surface area contributed by atoms with Crippen molar-refractivity contribution < 1.29 is 13.6 Å². The van der Waals surface area contributed by atoms with E-state index in [1.807, 2.05) is 22.8 Å². The normalized spacial score (nSPS) is 14.0. The van der Waals surface area contributed by atoms with Crippen LogP contribution < -0.4 is 15.5 Å². The van der Waals surface area contributed by atoms with Crippen LogP contribution in [0.25, 0.3) is 28.2 Å². The van der Waals surface area contributed by atoms with Gasteiger partial charge in [0.1, 0.15) is 34.6 Å². The van der Waals surface area contributed by atoms with Crippen molar-refractivity contribution in [3.8, 4) is 17.1 Å². The molecule has 208 valence electrons. The first-order valence-corrected chi connectivity index (χ1v) is 13.2. The fourth-order valence-corrected chi connectivity index (χ4v) is 4.94. The Bertz CT molecular complexity index is 1700. The molecule has 1 aliphatic heterocycles. The zero-order valence-electron chi connectivity index (χ0n) is 22.4. The van der Waals surface area contributed by atoms with Crippen molar-refractivity contribution in [1.82, 2.24) is 24.4 Å². The molecule has 0 radical (unpaired) electrons. The van der Waals surface area contributed by atoms with Gasteiger partial charge in [0.2, 0.25) is 0 Å². The number of pyridine rings is 2. The maximum atomic E-state index is 13.8. The molecule has 41 heavy (non-hydrogen) atoms. The molecule has 2 N–H and O–H groups in total. The maximum Gasteiger partial charge on any atom is 0.259 e. The van der Waals surface area contributed by atoms with Crippen LogP contribution in [0.1, 0.15) is 10.4 Å². The molecular weight excluding hydrogens is 526 g/mol. The highest BCUT2D eigenvalue weighted by Gasteiger charge is 2.22. The third-order valence-electron chi connectivity index (χ3n) is 7.27. The predicted molar refractivity (Wildman–Crippen MR) is 154 cm³/mol. The second-order valence-corrected chi connectivity index (χ2v) is 9.82. The number of halogens is 2. The van der Waals surface area contributed by atoms with Crippen LogP contribution >= 0.6 is 0 Å². The van der Waals surface area contributed by atoms with Crippen LogP contribution in [-0.4, -0.2) is 70.2 Å². The number of piperazine rings is 1. The number of fused-ring (bicyclic) bond motifs is 1. The minimum absolute atomic E-state index is 0.332. The topological polar surface area (TPSA) is 96.4 Å². The highest BCUT2D eigenvalue weighted by Crippen LogP contribution is 2.31. The summed E-state index contributed by atoms with van der Waals surface area (Å²) < 4.78 is 29.1. The fraction of sp³-hybridized carbons (Fsp3) is 0.200. The Labute approximate surface area is 235 Å². The van der Waals surface area contributed by atoms with Crippen LogP contribution in [0.5, 0.6) is 0 Å². The lowest BCUT2D eigenvalue weighted by molar-refractivity contribution is 0.0992. The summed E-state index contributed by atoms with van der Waals surface area (Å²) in [6.07, 6.45) is 1.61. The van der Waals surface area contributed by atoms with Gasteiger partial charge < -0.3 is 10.6 Å². The first kappa shape index (κ1) is 26.5. The van der Waals surface area contributed by atoms with Crippen LogP contribution in [0.15, 0.2) is 79.0 Å². The molecule has 0 unspecified atom stereocenters. The number of carbonyl (C=O) groups is 1. The number of carbonyl (C=O) groups excluding carboxylic acids is 1. The molecule has 1 saturated heterocycles. The summed E-state index contributed by atoms with van der Waals surface area (Å²) in [7, 11) is 1.61. The van der Waals surface area contributed by atoms with E-state index in [-0.39, 0.29) is 11.7 Å². The Balaban J connectivity index is 1.44. The summed E-state index contributed by atoms with van der Waals surface area (Å²) >= 11 is 0. The van der Waals surface area contributed by atoms with Crippen molar-refractivity contribution in [2.75, 3.05) is 49.7 Å². The molecule has 0 atom stereocenters. The number of rotatable bonds is 6. The average Bonchev–Trinajstić information content (AvgIpc) is 3.40. The highest BCUT2D eigenvalue weighted by atomic mass is 19.1. The first-order valence-electron chi connectivity index (χ1n) is 13.2. The van der Waals surface area contributed by atoms with Crippen molar-refractivity contribution in [1.29, 1.82) is 0 Å². The van der Waals surface area contributed by atoms with Crippen molar-refractivity contribution in [3.05, 3.63) is 96.2 Å². The van der Waals surface area contributed by atoms with Gasteiger partial charge in [-0.25, -0.2) is 23.7 Å². The molecule has 0 bridgehead atoms. The summed E-state index contributed by atoms with van der Waals surface area (Å²) in [6.45, 7) is 3.81. The van der Waals surface area contributed by atoms with E-state index in [2.05, 4.69) is 14.8 Å². The number of nitrogens with zero attached hydrogens (tertiary/aromatic N) is 7. The number of nitrogens with two attached hydrogens (primary N) is 1. The Kier molecular flexibility index (Phi) is 7.12. The first-order chi connectivity index (χ1) is 19.9. The number of imidazole rings is 1. The lowest BCUT2D eigenvalue weighted by Crippen LogP contribution is -2.48. The molecule has 1 amide bonds. The molecule has 1 aliphatic rings. The Hall–Kier alpha value is -4.74. The smallest absolute Gasteiger partial charge is 0.259 e. The molecule has 6 rings (SSSR count). The van der Waals surface area contributed by atoms with Gasteiger partial charge in [0.15, 0.2) is 5.65 Å². The van der Waals surface area contributed by atoms with Gasteiger partial charge >= 0.3 is 0 Å². The zero-order valence-corrected chi connectivity index (χ0v) is 22.4. The SMILES string of the molecule is CN(C(=O)c1ccc(F)cc1)c1cc(-n2c(-c3ccc(F)cc3)nc3ccc(N4CCN(CN)CC4)nc32)ccn1. The fourth-order valence-electron chi connectivity index (χ4n) is 4.94. The van der Waals surface area contributed by atoms with Crippen molar-refractivity contribution in [3.63, 3.8) is 0 Å². The summed E-state index contributed by atoms with van der Waals surface area (Å²) in [5.41, 5.74) is 8.82. The molecule has 2 aromatic carbocycles. The van der Waals surface area contributed by atoms with Gasteiger partial charge in [-0.15, -0.1) is 0 Å². The lowest BCUT2D eigenvalue weighted by Gasteiger charge is -2.34. The number of anilines is 2. The summed E-state index contributed by atoms with van der Waals surface area (Å²) in [5, 5.41) is 0. The Morgan fingerprint density at radius 3 is 2.27 bits per heavy atom. The number of hydrogen-bond acceptors (Lipinski definition) is 7. The van der Waals surface area contributed by atoms with Crippen molar-refractivity contribution in [2.45, 2.75) is 0 Å². The van der Waals surface area contributed by atoms with Gasteiger partial charge in [0.25, 0.3) is 5.91 Å². The predicted octanol–water partition coefficient (Wildman–Crippen LogP) is 4.08. The largest absolute Gasteiger partial charge is 0.354 e. The van der Waals surface area contributed by atoms with E-state index >= 15 is 0 Å². The van der Waals surface area contributed by atoms with Gasteiger partial charge in [-0.3, -0.25) is 19.2 Å². The Morgan fingerprint density at radius 1 is 0.902 bits per heavy atom. The maximum absolute atomic E-state index is 13.8. The third kappa shape index (κ3) is 5.24. The minimum atomic E-state index is -0.419. The monoisotopic (exact) mass is 554 g/mol. The van der Waals surface area contributed by atoms with E-state index in [0.717, 1.165) is 32.0 Å². The number of hydrogen-bond donors (Lipinski definition) is 1. The molecule has 0 saturated carbocycles. The van der Waals surface area contributed by atoms with Gasteiger partial charge in [0, 0.05) is 63.3 Å². The van der Waals surface area contributed by atoms with Gasteiger partial charge in [-0.1, -0.05) is 0 Å². The lowest BCUT2D eigenvalue weighted by atomic mass is 10.2. The van der Waals surface area contributed by atoms with Gasteiger partial charge in [0.05, 0.1) is 5.69 Å². The zero-order chi connectivity index (χ0) is 28.5. The number of benzene rings is 2. The Morgan fingerprint density at radius 2 is 1.59 bits per heavy atom. The van der Waals surface area contributed by atoms with Crippen molar-refractivity contribution >= 4 is 28.7 Å². The van der Waals surface area contributed by atoms with E-state index in [1.54, 1.807) is 31.4 Å². The molecule has 0 spiro atoms. The minimum Gasteiger partial charge on any atom is -0.354 e. The number of aromatic nitrogens is 4. The summed E-state index contributed by atoms with van der Waals surface area (Å²) in [6, 6.07) is 19.0. The molecular formula is C30H28F2N8O. The molecule has 3 aromatic heterocycles. The van der Waals surface area contributed by atoms with E-state index < -0.39 is 5.82 Å². The molecule has 9 nitrogen and oxygen atoms in total. The van der Waals surface area contributed by atoms with Crippen LogP contribution in [0, 0.1) is 11.6 Å². The van der Waals surface area contributed by atoms with E-state index in [4.69, 9.17) is 15.7 Å². The molecule has 11 heteroatoms. The second-order valence-electron chi connectivity index (χ2n) is 9.82. The van der Waals surface area contributed by atoms with E-state index in [0.29, 0.717) is 46.3 Å². The van der Waals surface area contributed by atoms with E-state index in [9.17, 15) is 13.6 Å². The summed E-state index contributed by atoms with van der Waals surface area (Å²) in [5.74, 6) is 0.679.